The van der Waals surface area contributed by atoms with E-state index in [-0.39, 0.29) is 17.3 Å². The van der Waals surface area contributed by atoms with Crippen LogP contribution in [0, 0.1) is 5.92 Å². The number of Topliss-reactive ketones (excluding diaryl/α,β-unsaturated/α-hetero) is 1. The highest BCUT2D eigenvalue weighted by molar-refractivity contribution is 7.21. The average molecular weight is 575 g/mol. The zero-order valence-electron chi connectivity index (χ0n) is 23.9. The quantitative estimate of drug-likeness (QED) is 0.237. The van der Waals surface area contributed by atoms with Crippen molar-refractivity contribution < 1.29 is 14.3 Å². The van der Waals surface area contributed by atoms with E-state index < -0.39 is 12.1 Å². The first kappa shape index (κ1) is 29.0. The van der Waals surface area contributed by atoms with E-state index in [1.807, 2.05) is 37.3 Å². The van der Waals surface area contributed by atoms with Gasteiger partial charge in [-0.1, -0.05) is 32.9 Å². The van der Waals surface area contributed by atoms with Gasteiger partial charge in [0.2, 0.25) is 0 Å². The van der Waals surface area contributed by atoms with Crippen molar-refractivity contribution in [3.8, 4) is 16.3 Å². The molecule has 216 valence electrons. The number of para-hydroxylation sites is 1. The number of hydrogen-bond acceptors (Lipinski definition) is 7. The number of piperidine rings is 1. The molecule has 0 bridgehead atoms. The number of ether oxygens (including phenoxy) is 1. The van der Waals surface area contributed by atoms with Crippen molar-refractivity contribution in [2.24, 2.45) is 11.7 Å². The third-order valence-electron chi connectivity index (χ3n) is 7.88. The first-order valence-electron chi connectivity index (χ1n) is 14.6. The second kappa shape index (κ2) is 12.5. The van der Waals surface area contributed by atoms with Crippen LogP contribution in [0.5, 0.6) is 5.75 Å². The molecule has 3 N–H and O–H groups in total. The highest BCUT2D eigenvalue weighted by atomic mass is 32.1. The molecular weight excluding hydrogens is 536 g/mol. The van der Waals surface area contributed by atoms with Crippen molar-refractivity contribution in [3.63, 3.8) is 0 Å². The highest BCUT2D eigenvalue weighted by Crippen LogP contribution is 2.38. The maximum atomic E-state index is 13.7. The fourth-order valence-corrected chi connectivity index (χ4v) is 6.61. The summed E-state index contributed by atoms with van der Waals surface area (Å²) in [7, 11) is 0. The molecule has 2 aromatic carbocycles. The smallest absolute Gasteiger partial charge is 0.409 e. The third-order valence-corrected chi connectivity index (χ3v) is 8.95. The minimum Gasteiger partial charge on any atom is -0.409 e. The van der Waals surface area contributed by atoms with Gasteiger partial charge in [-0.2, -0.15) is 0 Å². The average Bonchev–Trinajstić information content (AvgIpc) is 3.40. The second-order valence-electron chi connectivity index (χ2n) is 11.3. The molecule has 8 nitrogen and oxygen atoms in total. The number of hydrogen-bond donors (Lipinski definition) is 2. The maximum Gasteiger partial charge on any atom is 0.415 e. The number of aromatic nitrogens is 2. The Morgan fingerprint density at radius 3 is 2.78 bits per heavy atom. The molecule has 0 aliphatic carbocycles. The number of aromatic amines is 1. The molecule has 1 unspecified atom stereocenters. The molecule has 3 heterocycles. The van der Waals surface area contributed by atoms with Crippen LogP contribution in [0.3, 0.4) is 0 Å². The number of pyridine rings is 1. The van der Waals surface area contributed by atoms with Crippen LogP contribution in [-0.4, -0.2) is 45.4 Å². The molecule has 2 aromatic heterocycles. The number of likely N-dealkylation sites (tertiary alicyclic amines) is 1. The molecule has 0 radical (unpaired) electrons. The Bertz CT molecular complexity index is 1590. The summed E-state index contributed by atoms with van der Waals surface area (Å²) in [6, 6.07) is 10.8. The molecule has 5 rings (SSSR count). The summed E-state index contributed by atoms with van der Waals surface area (Å²) in [5, 5.41) is 1.17. The second-order valence-corrected chi connectivity index (χ2v) is 12.4. The van der Waals surface area contributed by atoms with E-state index in [1.54, 1.807) is 17.2 Å². The largest absolute Gasteiger partial charge is 0.415 e. The normalized spacial score (nSPS) is 16.4. The van der Waals surface area contributed by atoms with Crippen LogP contribution in [0.4, 0.5) is 4.79 Å². The molecular formula is C32H38N4O4S. The molecule has 0 saturated carbocycles. The van der Waals surface area contributed by atoms with Crippen molar-refractivity contribution in [2.45, 2.75) is 77.8 Å². The van der Waals surface area contributed by atoms with Gasteiger partial charge in [0.05, 0.1) is 27.3 Å². The summed E-state index contributed by atoms with van der Waals surface area (Å²) >= 11 is 1.51. The van der Waals surface area contributed by atoms with E-state index in [0.29, 0.717) is 70.9 Å². The van der Waals surface area contributed by atoms with Crippen LogP contribution < -0.4 is 15.9 Å². The van der Waals surface area contributed by atoms with Gasteiger partial charge in [-0.3, -0.25) is 9.59 Å². The highest BCUT2D eigenvalue weighted by Gasteiger charge is 2.30. The summed E-state index contributed by atoms with van der Waals surface area (Å²) in [4.78, 5) is 49.3. The maximum absolute atomic E-state index is 13.7. The van der Waals surface area contributed by atoms with Crippen LogP contribution in [-0.2, 0) is 11.2 Å². The summed E-state index contributed by atoms with van der Waals surface area (Å²) < 4.78 is 7.12. The number of aryl methyl sites for hydroxylation is 1. The van der Waals surface area contributed by atoms with Crippen LogP contribution >= 0.6 is 11.3 Å². The zero-order chi connectivity index (χ0) is 29.1. The molecule has 1 saturated heterocycles. The number of fused-ring (bicyclic) bond motifs is 2. The van der Waals surface area contributed by atoms with Crippen molar-refractivity contribution in [1.82, 2.24) is 14.9 Å². The van der Waals surface area contributed by atoms with E-state index in [9.17, 15) is 14.4 Å². The lowest BCUT2D eigenvalue weighted by atomic mass is 9.93. The Morgan fingerprint density at radius 2 is 2.02 bits per heavy atom. The van der Waals surface area contributed by atoms with E-state index >= 15 is 0 Å². The molecule has 1 fully saturated rings. The standard InChI is InChI=1S/C32H38N4O4S/c1-4-20-18-34-26-16-23(31-35-25-10-5-6-11-29(25)41-31)28(17-22(26)30(20)38)40-32(39)36-14-8-7-9-21(36)12-13-27(37)24(33)15-19(2)3/h5-6,10-11,16-19,21,24H,4,7-9,12-15,33H2,1-3H3,(H,34,38)/t21?,24-/m0/s1. The van der Waals surface area contributed by atoms with Gasteiger partial charge >= 0.3 is 6.09 Å². The number of carbonyl (C=O) groups excluding carboxylic acids is 2. The monoisotopic (exact) mass is 574 g/mol. The third kappa shape index (κ3) is 6.36. The lowest BCUT2D eigenvalue weighted by molar-refractivity contribution is -0.121. The molecule has 41 heavy (non-hydrogen) atoms. The Morgan fingerprint density at radius 1 is 1.22 bits per heavy atom. The van der Waals surface area contributed by atoms with Gasteiger partial charge in [-0.05, 0) is 68.7 Å². The molecule has 1 amide bonds. The number of H-pyrrole nitrogens is 1. The predicted molar refractivity (Wildman–Crippen MR) is 165 cm³/mol. The van der Waals surface area contributed by atoms with Crippen molar-refractivity contribution >= 4 is 44.3 Å². The molecule has 1 aliphatic rings. The minimum absolute atomic E-state index is 0.0381. The molecule has 2 atom stereocenters. The van der Waals surface area contributed by atoms with Gasteiger partial charge in [-0.15, -0.1) is 11.3 Å². The number of rotatable bonds is 9. The van der Waals surface area contributed by atoms with Gasteiger partial charge < -0.3 is 20.4 Å². The summed E-state index contributed by atoms with van der Waals surface area (Å²) in [5.41, 5.74) is 8.87. The van der Waals surface area contributed by atoms with E-state index in [0.717, 1.165) is 29.5 Å². The van der Waals surface area contributed by atoms with Gasteiger partial charge in [-0.25, -0.2) is 9.78 Å². The number of nitrogens with one attached hydrogen (secondary N) is 1. The number of thiazole rings is 1. The number of ketones is 1. The molecule has 4 aromatic rings. The number of benzene rings is 2. The number of amides is 1. The number of carbonyl (C=O) groups is 2. The Kier molecular flexibility index (Phi) is 8.85. The zero-order valence-corrected chi connectivity index (χ0v) is 24.8. The SMILES string of the molecule is CCc1c[nH]c2cc(-c3nc4ccccc4s3)c(OC(=O)N3CCCCC3CCC(=O)[C@@H](N)CC(C)C)cc2c1=O. The lowest BCUT2D eigenvalue weighted by Crippen LogP contribution is -2.45. The fraction of sp³-hybridized carbons (Fsp3) is 0.438. The lowest BCUT2D eigenvalue weighted by Gasteiger charge is -2.35. The predicted octanol–water partition coefficient (Wildman–Crippen LogP) is 6.44. The van der Waals surface area contributed by atoms with Crippen molar-refractivity contribution in [2.75, 3.05) is 6.54 Å². The Balaban J connectivity index is 1.45. The van der Waals surface area contributed by atoms with Crippen LogP contribution in [0.2, 0.25) is 0 Å². The first-order valence-corrected chi connectivity index (χ1v) is 15.4. The van der Waals surface area contributed by atoms with Crippen molar-refractivity contribution in [3.05, 3.63) is 58.4 Å². The van der Waals surface area contributed by atoms with Crippen molar-refractivity contribution in [1.29, 1.82) is 0 Å². The molecule has 9 heteroatoms. The Labute approximate surface area is 243 Å². The summed E-state index contributed by atoms with van der Waals surface area (Å²) in [6.45, 7) is 6.60. The Hall–Kier alpha value is -3.56. The summed E-state index contributed by atoms with van der Waals surface area (Å²) in [5.74, 6) is 0.693. The topological polar surface area (TPSA) is 118 Å². The summed E-state index contributed by atoms with van der Waals surface area (Å²) in [6.07, 6.45) is 6.08. The van der Waals surface area contributed by atoms with Crippen LogP contribution in [0.25, 0.3) is 31.7 Å². The molecule has 0 spiro atoms. The number of nitrogens with two attached hydrogens (primary N) is 1. The minimum atomic E-state index is -0.474. The fourth-order valence-electron chi connectivity index (χ4n) is 5.62. The number of nitrogens with zero attached hydrogens (tertiary/aromatic N) is 2. The van der Waals surface area contributed by atoms with Crippen LogP contribution in [0.15, 0.2) is 47.4 Å². The van der Waals surface area contributed by atoms with Gasteiger partial charge in [0.1, 0.15) is 16.5 Å². The van der Waals surface area contributed by atoms with E-state index in [2.05, 4.69) is 18.8 Å². The van der Waals surface area contributed by atoms with Gasteiger partial charge in [0.25, 0.3) is 0 Å². The molecule has 1 aliphatic heterocycles. The van der Waals surface area contributed by atoms with Gasteiger partial charge in [0, 0.05) is 36.2 Å². The van der Waals surface area contributed by atoms with Gasteiger partial charge in [0.15, 0.2) is 5.43 Å². The van der Waals surface area contributed by atoms with E-state index in [1.165, 1.54) is 11.3 Å². The van der Waals surface area contributed by atoms with E-state index in [4.69, 9.17) is 15.5 Å². The van der Waals surface area contributed by atoms with Crippen LogP contribution in [0.1, 0.15) is 64.9 Å². The first-order chi connectivity index (χ1) is 19.7.